The van der Waals surface area contributed by atoms with E-state index >= 15 is 0 Å². The molecule has 0 saturated heterocycles. The zero-order valence-corrected chi connectivity index (χ0v) is 15.4. The average Bonchev–Trinajstić information content (AvgIpc) is 2.96. The molecule has 0 aliphatic heterocycles. The van der Waals surface area contributed by atoms with Gasteiger partial charge in [-0.2, -0.15) is 5.10 Å². The van der Waals surface area contributed by atoms with Crippen molar-refractivity contribution in [1.29, 1.82) is 0 Å². The largest absolute Gasteiger partial charge is 0.343 e. The molecule has 1 heterocycles. The molecule has 1 aromatic heterocycles. The molecule has 0 fully saturated rings. The van der Waals surface area contributed by atoms with Crippen LogP contribution in [0.25, 0.3) is 5.69 Å². The second-order valence-electron chi connectivity index (χ2n) is 6.37. The minimum Gasteiger partial charge on any atom is -0.343 e. The lowest BCUT2D eigenvalue weighted by Gasteiger charge is -2.14. The molecule has 3 rings (SSSR count). The maximum atomic E-state index is 13.0. The lowest BCUT2D eigenvalue weighted by Crippen LogP contribution is -2.33. The van der Waals surface area contributed by atoms with Gasteiger partial charge in [0.2, 0.25) is 0 Å². The molecule has 0 unspecified atom stereocenters. The van der Waals surface area contributed by atoms with Gasteiger partial charge in [-0.1, -0.05) is 30.3 Å². The van der Waals surface area contributed by atoms with Crippen LogP contribution in [-0.4, -0.2) is 21.5 Å². The Labute approximate surface area is 156 Å². The predicted molar refractivity (Wildman–Crippen MR) is 100 cm³/mol. The number of aromatic nitrogens is 2. The number of ketones is 1. The van der Waals surface area contributed by atoms with E-state index in [0.717, 1.165) is 5.69 Å². The van der Waals surface area contributed by atoms with E-state index in [2.05, 4.69) is 10.4 Å². The van der Waals surface area contributed by atoms with Gasteiger partial charge in [0.25, 0.3) is 11.7 Å². The summed E-state index contributed by atoms with van der Waals surface area (Å²) in [7, 11) is 0. The van der Waals surface area contributed by atoms with Crippen LogP contribution < -0.4 is 5.32 Å². The normalized spacial score (nSPS) is 11.9. The molecular weight excluding hydrogens is 345 g/mol. The molecule has 0 radical (unpaired) electrons. The third-order valence-corrected chi connectivity index (χ3v) is 4.44. The smallest absolute Gasteiger partial charge is 0.293 e. The number of carbonyl (C=O) groups excluding carboxylic acids is 2. The van der Waals surface area contributed by atoms with Crippen LogP contribution in [0.1, 0.15) is 40.3 Å². The standard InChI is InChI=1S/C21H20FN3O2/c1-13(16-9-11-17(22)12-10-16)23-21(27)20(26)19-14(2)24-25(15(19)3)18-7-5-4-6-8-18/h4-13H,1-3H3,(H,23,27)/t13-/m1/s1. The van der Waals surface area contributed by atoms with Gasteiger partial charge in [0.15, 0.2) is 0 Å². The highest BCUT2D eigenvalue weighted by Crippen LogP contribution is 2.19. The van der Waals surface area contributed by atoms with E-state index < -0.39 is 17.7 Å². The SMILES string of the molecule is Cc1nn(-c2ccccc2)c(C)c1C(=O)C(=O)N[C@H](C)c1ccc(F)cc1. The number of amides is 1. The molecule has 0 bridgehead atoms. The van der Waals surface area contributed by atoms with Crippen molar-refractivity contribution < 1.29 is 14.0 Å². The quantitative estimate of drug-likeness (QED) is 0.554. The molecule has 6 heteroatoms. The Balaban J connectivity index is 1.82. The Bertz CT molecular complexity index is 979. The topological polar surface area (TPSA) is 64.0 Å². The summed E-state index contributed by atoms with van der Waals surface area (Å²) in [5, 5.41) is 7.07. The molecule has 1 atom stereocenters. The molecule has 5 nitrogen and oxygen atoms in total. The van der Waals surface area contributed by atoms with Crippen molar-refractivity contribution in [3.05, 3.63) is 82.9 Å². The first-order chi connectivity index (χ1) is 12.9. The Morgan fingerprint density at radius 2 is 1.67 bits per heavy atom. The Hall–Kier alpha value is -3.28. The minimum atomic E-state index is -0.717. The van der Waals surface area contributed by atoms with Crippen LogP contribution in [0.5, 0.6) is 0 Å². The first-order valence-corrected chi connectivity index (χ1v) is 8.60. The summed E-state index contributed by atoms with van der Waals surface area (Å²) in [5.41, 5.74) is 2.92. The lowest BCUT2D eigenvalue weighted by molar-refractivity contribution is -0.117. The summed E-state index contributed by atoms with van der Waals surface area (Å²) in [6, 6.07) is 14.8. The van der Waals surface area contributed by atoms with Gasteiger partial charge in [0, 0.05) is 0 Å². The van der Waals surface area contributed by atoms with E-state index in [4.69, 9.17) is 0 Å². The van der Waals surface area contributed by atoms with Crippen molar-refractivity contribution in [1.82, 2.24) is 15.1 Å². The molecule has 138 valence electrons. The van der Waals surface area contributed by atoms with E-state index in [0.29, 0.717) is 22.5 Å². The third kappa shape index (κ3) is 3.79. The second-order valence-corrected chi connectivity index (χ2v) is 6.37. The highest BCUT2D eigenvalue weighted by Gasteiger charge is 2.26. The maximum absolute atomic E-state index is 13.0. The second kappa shape index (κ2) is 7.53. The van der Waals surface area contributed by atoms with Crippen LogP contribution in [0.2, 0.25) is 0 Å². The number of halogens is 1. The lowest BCUT2D eigenvalue weighted by atomic mass is 10.1. The maximum Gasteiger partial charge on any atom is 0.293 e. The number of rotatable bonds is 5. The zero-order valence-electron chi connectivity index (χ0n) is 15.4. The summed E-state index contributed by atoms with van der Waals surface area (Å²) < 4.78 is 14.7. The number of nitrogens with one attached hydrogen (secondary N) is 1. The van der Waals surface area contributed by atoms with Crippen molar-refractivity contribution >= 4 is 11.7 Å². The summed E-state index contributed by atoms with van der Waals surface area (Å²) in [6.45, 7) is 5.21. The Morgan fingerprint density at radius 3 is 2.30 bits per heavy atom. The number of benzene rings is 2. The monoisotopic (exact) mass is 365 g/mol. The summed E-state index contributed by atoms with van der Waals surface area (Å²) in [4.78, 5) is 25.2. The van der Waals surface area contributed by atoms with Gasteiger partial charge >= 0.3 is 0 Å². The molecule has 0 aliphatic rings. The van der Waals surface area contributed by atoms with Crippen molar-refractivity contribution in [2.24, 2.45) is 0 Å². The van der Waals surface area contributed by atoms with Crippen LogP contribution >= 0.6 is 0 Å². The van der Waals surface area contributed by atoms with Gasteiger partial charge in [-0.25, -0.2) is 9.07 Å². The first-order valence-electron chi connectivity index (χ1n) is 8.60. The Morgan fingerprint density at radius 1 is 1.04 bits per heavy atom. The molecule has 0 spiro atoms. The van der Waals surface area contributed by atoms with E-state index in [1.165, 1.54) is 12.1 Å². The van der Waals surface area contributed by atoms with Crippen LogP contribution in [0.3, 0.4) is 0 Å². The number of carbonyl (C=O) groups is 2. The van der Waals surface area contributed by atoms with E-state index in [-0.39, 0.29) is 5.82 Å². The molecule has 1 amide bonds. The van der Waals surface area contributed by atoms with E-state index in [9.17, 15) is 14.0 Å². The van der Waals surface area contributed by atoms with Crippen molar-refractivity contribution in [2.75, 3.05) is 0 Å². The van der Waals surface area contributed by atoms with Gasteiger partial charge in [0.05, 0.1) is 28.7 Å². The summed E-state index contributed by atoms with van der Waals surface area (Å²) in [5.74, 6) is -1.71. The Kier molecular flexibility index (Phi) is 5.16. The molecule has 2 aromatic carbocycles. The van der Waals surface area contributed by atoms with Crippen LogP contribution in [0.15, 0.2) is 54.6 Å². The number of Topliss-reactive ketones (excluding diaryl/α,β-unsaturated/α-hetero) is 1. The molecule has 27 heavy (non-hydrogen) atoms. The van der Waals surface area contributed by atoms with E-state index in [1.54, 1.807) is 37.6 Å². The van der Waals surface area contributed by atoms with Gasteiger partial charge in [-0.05, 0) is 50.6 Å². The molecule has 3 aromatic rings. The van der Waals surface area contributed by atoms with E-state index in [1.807, 2.05) is 30.3 Å². The highest BCUT2D eigenvalue weighted by molar-refractivity contribution is 6.43. The van der Waals surface area contributed by atoms with Crippen LogP contribution in [0.4, 0.5) is 4.39 Å². The van der Waals surface area contributed by atoms with Gasteiger partial charge in [-0.15, -0.1) is 0 Å². The summed E-state index contributed by atoms with van der Waals surface area (Å²) >= 11 is 0. The van der Waals surface area contributed by atoms with Crippen LogP contribution in [-0.2, 0) is 4.79 Å². The fourth-order valence-corrected chi connectivity index (χ4v) is 3.00. The number of hydrogen-bond donors (Lipinski definition) is 1. The molecule has 0 aliphatic carbocycles. The van der Waals surface area contributed by atoms with Gasteiger partial charge < -0.3 is 5.32 Å². The fraction of sp³-hybridized carbons (Fsp3) is 0.190. The minimum absolute atomic E-state index is 0.294. The fourth-order valence-electron chi connectivity index (χ4n) is 3.00. The zero-order chi connectivity index (χ0) is 19.6. The van der Waals surface area contributed by atoms with Gasteiger partial charge in [-0.3, -0.25) is 9.59 Å². The number of nitrogens with zero attached hydrogens (tertiary/aromatic N) is 2. The molecule has 1 N–H and O–H groups in total. The van der Waals surface area contributed by atoms with Crippen LogP contribution in [0, 0.1) is 19.7 Å². The highest BCUT2D eigenvalue weighted by atomic mass is 19.1. The molecular formula is C21H20FN3O2. The number of para-hydroxylation sites is 1. The van der Waals surface area contributed by atoms with Gasteiger partial charge in [0.1, 0.15) is 5.82 Å². The van der Waals surface area contributed by atoms with Crippen molar-refractivity contribution in [3.8, 4) is 5.69 Å². The van der Waals surface area contributed by atoms with Crippen molar-refractivity contribution in [3.63, 3.8) is 0 Å². The number of hydrogen-bond acceptors (Lipinski definition) is 3. The third-order valence-electron chi connectivity index (χ3n) is 4.44. The van der Waals surface area contributed by atoms with Crippen molar-refractivity contribution in [2.45, 2.75) is 26.8 Å². The summed E-state index contributed by atoms with van der Waals surface area (Å²) in [6.07, 6.45) is 0. The molecule has 0 saturated carbocycles. The predicted octanol–water partition coefficient (Wildman–Crippen LogP) is 3.69. The number of aryl methyl sites for hydroxylation is 1. The first kappa shape index (κ1) is 18.5. The average molecular weight is 365 g/mol.